The quantitative estimate of drug-likeness (QED) is 0.664. The third-order valence-corrected chi connectivity index (χ3v) is 4.04. The molecule has 0 fully saturated rings. The molecule has 0 spiro atoms. The van der Waals surface area contributed by atoms with Crippen LogP contribution in [0.3, 0.4) is 0 Å². The van der Waals surface area contributed by atoms with Crippen LogP contribution in [0.4, 0.5) is 0 Å². The smallest absolute Gasteiger partial charge is 0.191 e. The number of nitrogens with one attached hydrogen (secondary N) is 2. The van der Waals surface area contributed by atoms with Crippen molar-refractivity contribution in [3.8, 4) is 11.5 Å². The fraction of sp³-hybridized carbons (Fsp3) is 0.350. The van der Waals surface area contributed by atoms with Crippen molar-refractivity contribution in [3.05, 3.63) is 59.2 Å². The second kappa shape index (κ2) is 8.42. The van der Waals surface area contributed by atoms with Crippen LogP contribution in [0.1, 0.15) is 23.1 Å². The van der Waals surface area contributed by atoms with Crippen LogP contribution in [-0.4, -0.2) is 26.2 Å². The van der Waals surface area contributed by atoms with Gasteiger partial charge in [0.15, 0.2) is 17.5 Å². The predicted molar refractivity (Wildman–Crippen MR) is 100 cm³/mol. The first-order chi connectivity index (χ1) is 12.2. The number of hydrogen-bond donors (Lipinski definition) is 2. The van der Waals surface area contributed by atoms with Gasteiger partial charge < -0.3 is 20.1 Å². The molecule has 132 valence electrons. The van der Waals surface area contributed by atoms with Crippen molar-refractivity contribution >= 4 is 5.96 Å². The van der Waals surface area contributed by atoms with E-state index in [1.54, 1.807) is 7.05 Å². The minimum Gasteiger partial charge on any atom is -0.490 e. The third-order valence-electron chi connectivity index (χ3n) is 4.04. The number of nitrogens with zero attached hydrogens (tertiary/aromatic N) is 1. The van der Waals surface area contributed by atoms with Gasteiger partial charge in [0.05, 0.1) is 13.2 Å². The first kappa shape index (κ1) is 17.1. The maximum atomic E-state index is 5.74. The number of hydrogen-bond acceptors (Lipinski definition) is 3. The summed E-state index contributed by atoms with van der Waals surface area (Å²) in [6.45, 7) is 4.91. The molecule has 2 N–H and O–H groups in total. The van der Waals surface area contributed by atoms with Crippen molar-refractivity contribution in [1.82, 2.24) is 10.6 Å². The van der Waals surface area contributed by atoms with Crippen molar-refractivity contribution in [1.29, 1.82) is 0 Å². The number of aliphatic imine (C=N–C) groups is 1. The largest absolute Gasteiger partial charge is 0.490 e. The van der Waals surface area contributed by atoms with Gasteiger partial charge in [0.1, 0.15) is 0 Å². The molecule has 5 heteroatoms. The first-order valence-electron chi connectivity index (χ1n) is 8.63. The first-order valence-corrected chi connectivity index (χ1v) is 8.63. The Balaban J connectivity index is 1.55. The SMILES string of the molecule is CN=C(NCc1cccc(C)c1)NCc1ccc2c(c1)OCCCO2. The van der Waals surface area contributed by atoms with Crippen molar-refractivity contribution in [2.45, 2.75) is 26.4 Å². The summed E-state index contributed by atoms with van der Waals surface area (Å²) in [5.74, 6) is 2.41. The van der Waals surface area contributed by atoms with Crippen LogP contribution in [-0.2, 0) is 13.1 Å². The molecule has 5 nitrogen and oxygen atoms in total. The molecule has 1 heterocycles. The van der Waals surface area contributed by atoms with Crippen LogP contribution < -0.4 is 20.1 Å². The summed E-state index contributed by atoms with van der Waals surface area (Å²) in [4.78, 5) is 4.28. The Bertz CT molecular complexity index is 743. The summed E-state index contributed by atoms with van der Waals surface area (Å²) < 4.78 is 11.4. The number of ether oxygens (including phenoxy) is 2. The molecular formula is C20H25N3O2. The van der Waals surface area contributed by atoms with E-state index >= 15 is 0 Å². The molecule has 0 amide bonds. The van der Waals surface area contributed by atoms with Crippen LogP contribution in [0, 0.1) is 6.92 Å². The van der Waals surface area contributed by atoms with Gasteiger partial charge in [-0.3, -0.25) is 4.99 Å². The lowest BCUT2D eigenvalue weighted by atomic mass is 10.1. The number of aryl methyl sites for hydroxylation is 1. The van der Waals surface area contributed by atoms with E-state index in [-0.39, 0.29) is 0 Å². The Morgan fingerprint density at radius 1 is 0.960 bits per heavy atom. The lowest BCUT2D eigenvalue weighted by molar-refractivity contribution is 0.297. The minimum absolute atomic E-state index is 0.671. The van der Waals surface area contributed by atoms with Gasteiger partial charge in [-0.05, 0) is 30.2 Å². The van der Waals surface area contributed by atoms with Crippen LogP contribution in [0.2, 0.25) is 0 Å². The van der Waals surface area contributed by atoms with Crippen molar-refractivity contribution in [2.75, 3.05) is 20.3 Å². The average molecular weight is 339 g/mol. The maximum Gasteiger partial charge on any atom is 0.191 e. The normalized spacial score (nSPS) is 13.9. The zero-order chi connectivity index (χ0) is 17.5. The molecule has 0 aliphatic carbocycles. The summed E-state index contributed by atoms with van der Waals surface area (Å²) in [6, 6.07) is 14.5. The summed E-state index contributed by atoms with van der Waals surface area (Å²) >= 11 is 0. The van der Waals surface area contributed by atoms with E-state index in [1.165, 1.54) is 11.1 Å². The lowest BCUT2D eigenvalue weighted by Crippen LogP contribution is -2.36. The zero-order valence-electron chi connectivity index (χ0n) is 14.8. The summed E-state index contributed by atoms with van der Waals surface area (Å²) in [5, 5.41) is 6.67. The van der Waals surface area contributed by atoms with Crippen molar-refractivity contribution in [3.63, 3.8) is 0 Å². The summed E-state index contributed by atoms with van der Waals surface area (Å²) in [5.41, 5.74) is 3.62. The minimum atomic E-state index is 0.671. The molecule has 1 aliphatic heterocycles. The number of fused-ring (bicyclic) bond motifs is 1. The summed E-state index contributed by atoms with van der Waals surface area (Å²) in [6.07, 6.45) is 0.914. The van der Waals surface area contributed by atoms with Crippen molar-refractivity contribution < 1.29 is 9.47 Å². The highest BCUT2D eigenvalue weighted by atomic mass is 16.5. The molecule has 0 atom stereocenters. The highest BCUT2D eigenvalue weighted by molar-refractivity contribution is 5.79. The summed E-state index contributed by atoms with van der Waals surface area (Å²) in [7, 11) is 1.78. The topological polar surface area (TPSA) is 54.9 Å². The predicted octanol–water partition coefficient (Wildman–Crippen LogP) is 3.02. The van der Waals surface area contributed by atoms with E-state index in [0.717, 1.165) is 36.0 Å². The average Bonchev–Trinajstić information content (AvgIpc) is 2.87. The lowest BCUT2D eigenvalue weighted by Gasteiger charge is -2.13. The Hall–Kier alpha value is -2.69. The van der Waals surface area contributed by atoms with E-state index < -0.39 is 0 Å². The van der Waals surface area contributed by atoms with E-state index in [4.69, 9.17) is 9.47 Å². The Morgan fingerprint density at radius 3 is 2.40 bits per heavy atom. The molecule has 0 saturated carbocycles. The molecule has 3 rings (SSSR count). The van der Waals surface area contributed by atoms with Gasteiger partial charge in [-0.25, -0.2) is 0 Å². The van der Waals surface area contributed by atoms with Crippen molar-refractivity contribution in [2.24, 2.45) is 4.99 Å². The zero-order valence-corrected chi connectivity index (χ0v) is 14.8. The molecule has 0 radical (unpaired) electrons. The molecular weight excluding hydrogens is 314 g/mol. The van der Waals surface area contributed by atoms with Gasteiger partial charge in [0.25, 0.3) is 0 Å². The van der Waals surface area contributed by atoms with E-state index in [2.05, 4.69) is 46.8 Å². The van der Waals surface area contributed by atoms with Gasteiger partial charge in [-0.15, -0.1) is 0 Å². The maximum absolute atomic E-state index is 5.74. The third kappa shape index (κ3) is 4.89. The van der Waals surface area contributed by atoms with E-state index in [9.17, 15) is 0 Å². The fourth-order valence-corrected chi connectivity index (χ4v) is 2.73. The van der Waals surface area contributed by atoms with E-state index in [1.807, 2.05) is 18.2 Å². The van der Waals surface area contributed by atoms with Gasteiger partial charge in [-0.1, -0.05) is 35.9 Å². The monoisotopic (exact) mass is 339 g/mol. The number of guanidine groups is 1. The Morgan fingerprint density at radius 2 is 1.68 bits per heavy atom. The van der Waals surface area contributed by atoms with Crippen LogP contribution >= 0.6 is 0 Å². The molecule has 0 unspecified atom stereocenters. The molecule has 1 aliphatic rings. The van der Waals surface area contributed by atoms with E-state index in [0.29, 0.717) is 19.8 Å². The Kier molecular flexibility index (Phi) is 5.77. The van der Waals surface area contributed by atoms with Gasteiger partial charge in [-0.2, -0.15) is 0 Å². The van der Waals surface area contributed by atoms with Crippen LogP contribution in [0.5, 0.6) is 11.5 Å². The molecule has 25 heavy (non-hydrogen) atoms. The fourth-order valence-electron chi connectivity index (χ4n) is 2.73. The molecule has 0 bridgehead atoms. The molecule has 0 aromatic heterocycles. The second-order valence-corrected chi connectivity index (χ2v) is 6.10. The highest BCUT2D eigenvalue weighted by Crippen LogP contribution is 2.30. The number of rotatable bonds is 4. The molecule has 0 saturated heterocycles. The molecule has 2 aromatic rings. The van der Waals surface area contributed by atoms with Gasteiger partial charge in [0, 0.05) is 26.6 Å². The second-order valence-electron chi connectivity index (χ2n) is 6.10. The van der Waals surface area contributed by atoms with Crippen LogP contribution in [0.25, 0.3) is 0 Å². The van der Waals surface area contributed by atoms with Gasteiger partial charge in [0.2, 0.25) is 0 Å². The standard InChI is InChI=1S/C20H25N3O2/c1-15-5-3-6-16(11-15)13-22-20(21-2)23-14-17-7-8-18-19(12-17)25-10-4-9-24-18/h3,5-8,11-12H,4,9-10,13-14H2,1-2H3,(H2,21,22,23). The van der Waals surface area contributed by atoms with Gasteiger partial charge >= 0.3 is 0 Å². The Labute approximate surface area is 149 Å². The highest BCUT2D eigenvalue weighted by Gasteiger charge is 2.10. The van der Waals surface area contributed by atoms with Crippen LogP contribution in [0.15, 0.2) is 47.5 Å². The molecule has 2 aromatic carbocycles. The number of benzene rings is 2.